The lowest BCUT2D eigenvalue weighted by Gasteiger charge is -2.22. The Bertz CT molecular complexity index is 655. The lowest BCUT2D eigenvalue weighted by molar-refractivity contribution is -0.122. The summed E-state index contributed by atoms with van der Waals surface area (Å²) in [6.45, 7) is 8.16. The summed E-state index contributed by atoms with van der Waals surface area (Å²) in [6, 6.07) is 1.73. The number of ether oxygens (including phenoxy) is 1. The summed E-state index contributed by atoms with van der Waals surface area (Å²) in [5.41, 5.74) is 1.24. The summed E-state index contributed by atoms with van der Waals surface area (Å²) in [5.74, 6) is 0.568. The zero-order valence-corrected chi connectivity index (χ0v) is 16.2. The number of hydrogen-bond donors (Lipinski definition) is 1. The predicted molar refractivity (Wildman–Crippen MR) is 100 cm³/mol. The van der Waals surface area contributed by atoms with Crippen molar-refractivity contribution in [2.45, 2.75) is 39.2 Å². The SMILES string of the molecule is Cc1cc(C(=O)N2CCCN(CC(=O)NCC3CCCO3)CC2)nc(C)n1. The number of nitrogens with zero attached hydrogens (tertiary/aromatic N) is 4. The molecule has 0 aromatic carbocycles. The number of amides is 2. The normalized spacial score (nSPS) is 21.1. The van der Waals surface area contributed by atoms with Crippen molar-refractivity contribution < 1.29 is 14.3 Å². The molecule has 1 atom stereocenters. The van der Waals surface area contributed by atoms with Gasteiger partial charge in [0, 0.05) is 45.0 Å². The van der Waals surface area contributed by atoms with Gasteiger partial charge < -0.3 is 15.0 Å². The van der Waals surface area contributed by atoms with Crippen LogP contribution in [0.1, 0.15) is 41.3 Å². The molecule has 1 unspecified atom stereocenters. The van der Waals surface area contributed by atoms with Crippen LogP contribution in [0.5, 0.6) is 0 Å². The second-order valence-corrected chi connectivity index (χ2v) is 7.30. The Balaban J connectivity index is 1.47. The molecule has 2 aliphatic rings. The van der Waals surface area contributed by atoms with Gasteiger partial charge in [-0.15, -0.1) is 0 Å². The quantitative estimate of drug-likeness (QED) is 0.808. The molecule has 3 rings (SSSR count). The number of nitrogens with one attached hydrogen (secondary N) is 1. The van der Waals surface area contributed by atoms with Gasteiger partial charge in [0.15, 0.2) is 0 Å². The van der Waals surface area contributed by atoms with E-state index in [1.54, 1.807) is 13.0 Å². The van der Waals surface area contributed by atoms with Crippen LogP contribution in [0.15, 0.2) is 6.07 Å². The molecule has 2 amide bonds. The fourth-order valence-corrected chi connectivity index (χ4v) is 3.61. The van der Waals surface area contributed by atoms with E-state index in [1.165, 1.54) is 0 Å². The molecule has 3 heterocycles. The Morgan fingerprint density at radius 1 is 1.19 bits per heavy atom. The van der Waals surface area contributed by atoms with Gasteiger partial charge in [-0.25, -0.2) is 9.97 Å². The van der Waals surface area contributed by atoms with E-state index in [4.69, 9.17) is 4.74 Å². The van der Waals surface area contributed by atoms with Gasteiger partial charge in [-0.1, -0.05) is 0 Å². The van der Waals surface area contributed by atoms with Crippen molar-refractivity contribution in [3.05, 3.63) is 23.3 Å². The van der Waals surface area contributed by atoms with Crippen molar-refractivity contribution in [2.24, 2.45) is 0 Å². The number of carbonyl (C=O) groups excluding carboxylic acids is 2. The number of aromatic nitrogens is 2. The summed E-state index contributed by atoms with van der Waals surface area (Å²) >= 11 is 0. The highest BCUT2D eigenvalue weighted by Crippen LogP contribution is 2.11. The highest BCUT2D eigenvalue weighted by atomic mass is 16.5. The van der Waals surface area contributed by atoms with Crippen LogP contribution in [0.2, 0.25) is 0 Å². The molecule has 0 spiro atoms. The third-order valence-corrected chi connectivity index (χ3v) is 4.98. The topological polar surface area (TPSA) is 87.7 Å². The first-order valence-corrected chi connectivity index (χ1v) is 9.73. The van der Waals surface area contributed by atoms with E-state index in [9.17, 15) is 9.59 Å². The average molecular weight is 375 g/mol. The molecule has 0 bridgehead atoms. The van der Waals surface area contributed by atoms with Crippen LogP contribution in [0, 0.1) is 13.8 Å². The minimum atomic E-state index is -0.0618. The minimum absolute atomic E-state index is 0.0207. The van der Waals surface area contributed by atoms with E-state index in [0.717, 1.165) is 38.1 Å². The molecule has 0 aliphatic carbocycles. The zero-order chi connectivity index (χ0) is 19.2. The molecular weight excluding hydrogens is 346 g/mol. The Labute approximate surface area is 160 Å². The number of hydrogen-bond acceptors (Lipinski definition) is 6. The van der Waals surface area contributed by atoms with E-state index in [1.807, 2.05) is 11.8 Å². The van der Waals surface area contributed by atoms with Gasteiger partial charge in [0.2, 0.25) is 5.91 Å². The third-order valence-electron chi connectivity index (χ3n) is 4.98. The first kappa shape index (κ1) is 19.7. The molecule has 0 saturated carbocycles. The summed E-state index contributed by atoms with van der Waals surface area (Å²) < 4.78 is 5.53. The van der Waals surface area contributed by atoms with Crippen LogP contribution in [-0.4, -0.2) is 83.6 Å². The van der Waals surface area contributed by atoms with E-state index in [0.29, 0.717) is 44.2 Å². The molecule has 2 saturated heterocycles. The Morgan fingerprint density at radius 3 is 2.78 bits per heavy atom. The largest absolute Gasteiger partial charge is 0.376 e. The lowest BCUT2D eigenvalue weighted by Crippen LogP contribution is -2.42. The van der Waals surface area contributed by atoms with Gasteiger partial charge in [-0.05, 0) is 39.2 Å². The maximum absolute atomic E-state index is 12.8. The van der Waals surface area contributed by atoms with Crippen molar-refractivity contribution in [1.29, 1.82) is 0 Å². The highest BCUT2D eigenvalue weighted by molar-refractivity contribution is 5.92. The summed E-state index contributed by atoms with van der Waals surface area (Å²) in [6.07, 6.45) is 3.09. The second kappa shape index (κ2) is 9.23. The fourth-order valence-electron chi connectivity index (χ4n) is 3.61. The van der Waals surface area contributed by atoms with Crippen LogP contribution in [0.4, 0.5) is 0 Å². The van der Waals surface area contributed by atoms with Crippen LogP contribution in [-0.2, 0) is 9.53 Å². The van der Waals surface area contributed by atoms with Gasteiger partial charge in [0.1, 0.15) is 11.5 Å². The van der Waals surface area contributed by atoms with E-state index < -0.39 is 0 Å². The second-order valence-electron chi connectivity index (χ2n) is 7.30. The van der Waals surface area contributed by atoms with Gasteiger partial charge in [0.05, 0.1) is 12.6 Å². The summed E-state index contributed by atoms with van der Waals surface area (Å²) in [4.78, 5) is 37.4. The molecule has 0 radical (unpaired) electrons. The summed E-state index contributed by atoms with van der Waals surface area (Å²) in [7, 11) is 0. The standard InChI is InChI=1S/C19H29N5O3/c1-14-11-17(22-15(2)21-14)19(26)24-7-4-6-23(8-9-24)13-18(25)20-12-16-5-3-10-27-16/h11,16H,3-10,12-13H2,1-2H3,(H,20,25). The molecule has 1 aromatic rings. The molecule has 2 aliphatic heterocycles. The molecule has 27 heavy (non-hydrogen) atoms. The van der Waals surface area contributed by atoms with Gasteiger partial charge in [0.25, 0.3) is 5.91 Å². The van der Waals surface area contributed by atoms with Crippen LogP contribution < -0.4 is 5.32 Å². The number of carbonyl (C=O) groups is 2. The zero-order valence-electron chi connectivity index (χ0n) is 16.2. The van der Waals surface area contributed by atoms with Crippen LogP contribution in [0.25, 0.3) is 0 Å². The molecule has 8 nitrogen and oxygen atoms in total. The first-order chi connectivity index (χ1) is 13.0. The Hall–Kier alpha value is -2.06. The molecule has 1 N–H and O–H groups in total. The molecular formula is C19H29N5O3. The molecule has 148 valence electrons. The monoisotopic (exact) mass is 375 g/mol. The predicted octanol–water partition coefficient (Wildman–Crippen LogP) is 0.537. The maximum atomic E-state index is 12.8. The van der Waals surface area contributed by atoms with Gasteiger partial charge in [-0.2, -0.15) is 0 Å². The number of rotatable bonds is 5. The average Bonchev–Trinajstić information content (AvgIpc) is 3.04. The van der Waals surface area contributed by atoms with E-state index in [-0.39, 0.29) is 17.9 Å². The lowest BCUT2D eigenvalue weighted by atomic mass is 10.2. The summed E-state index contributed by atoms with van der Waals surface area (Å²) in [5, 5.41) is 2.96. The third kappa shape index (κ3) is 5.71. The van der Waals surface area contributed by atoms with Crippen LogP contribution >= 0.6 is 0 Å². The van der Waals surface area contributed by atoms with Crippen molar-refractivity contribution in [3.63, 3.8) is 0 Å². The Morgan fingerprint density at radius 2 is 2.04 bits per heavy atom. The van der Waals surface area contributed by atoms with Crippen molar-refractivity contribution in [3.8, 4) is 0 Å². The minimum Gasteiger partial charge on any atom is -0.376 e. The number of aryl methyl sites for hydroxylation is 2. The fraction of sp³-hybridized carbons (Fsp3) is 0.684. The van der Waals surface area contributed by atoms with Crippen LogP contribution in [0.3, 0.4) is 0 Å². The molecule has 8 heteroatoms. The molecule has 2 fully saturated rings. The first-order valence-electron chi connectivity index (χ1n) is 9.73. The van der Waals surface area contributed by atoms with Gasteiger partial charge in [-0.3, -0.25) is 14.5 Å². The maximum Gasteiger partial charge on any atom is 0.272 e. The van der Waals surface area contributed by atoms with E-state index in [2.05, 4.69) is 20.2 Å². The van der Waals surface area contributed by atoms with Gasteiger partial charge >= 0.3 is 0 Å². The highest BCUT2D eigenvalue weighted by Gasteiger charge is 2.23. The molecule has 1 aromatic heterocycles. The van der Waals surface area contributed by atoms with Crippen molar-refractivity contribution in [1.82, 2.24) is 25.1 Å². The van der Waals surface area contributed by atoms with Crippen molar-refractivity contribution in [2.75, 3.05) is 45.9 Å². The van der Waals surface area contributed by atoms with E-state index >= 15 is 0 Å². The van der Waals surface area contributed by atoms with Crippen molar-refractivity contribution >= 4 is 11.8 Å². The Kier molecular flexibility index (Phi) is 6.73. The smallest absolute Gasteiger partial charge is 0.272 e.